The summed E-state index contributed by atoms with van der Waals surface area (Å²) in [5, 5.41) is 13.9. The zero-order valence-corrected chi connectivity index (χ0v) is 11.9. The molecule has 0 radical (unpaired) electrons. The van der Waals surface area contributed by atoms with Crippen molar-refractivity contribution in [3.63, 3.8) is 0 Å². The van der Waals surface area contributed by atoms with E-state index in [4.69, 9.17) is 0 Å². The van der Waals surface area contributed by atoms with Gasteiger partial charge in [-0.05, 0) is 25.8 Å². The third kappa shape index (κ3) is 3.47. The fraction of sp³-hybridized carbons (Fsp3) is 0.571. The van der Waals surface area contributed by atoms with Gasteiger partial charge in [-0.3, -0.25) is 10.1 Å². The van der Waals surface area contributed by atoms with Gasteiger partial charge in [0.05, 0.1) is 17.1 Å². The number of benzene rings is 1. The molecule has 1 fully saturated rings. The SMILES string of the molecule is CCCN(c1c(F)cc([N+](=O)[O-])cc1F)C1CCCNC1. The predicted molar refractivity (Wildman–Crippen MR) is 76.5 cm³/mol. The Hall–Kier alpha value is -1.76. The molecule has 1 aliphatic heterocycles. The molecule has 1 aromatic carbocycles. The first-order valence-electron chi connectivity index (χ1n) is 7.15. The van der Waals surface area contributed by atoms with E-state index in [1.54, 1.807) is 4.90 Å². The highest BCUT2D eigenvalue weighted by Gasteiger charge is 2.27. The maximum absolute atomic E-state index is 14.2. The van der Waals surface area contributed by atoms with Crippen molar-refractivity contribution in [2.24, 2.45) is 0 Å². The van der Waals surface area contributed by atoms with Gasteiger partial charge in [0.15, 0.2) is 11.6 Å². The summed E-state index contributed by atoms with van der Waals surface area (Å²) in [7, 11) is 0. The maximum atomic E-state index is 14.2. The van der Waals surface area contributed by atoms with Gasteiger partial charge in [0, 0.05) is 19.1 Å². The van der Waals surface area contributed by atoms with E-state index in [0.29, 0.717) is 13.1 Å². The molecule has 1 aromatic rings. The fourth-order valence-corrected chi connectivity index (χ4v) is 2.75. The molecule has 0 amide bonds. The molecule has 0 aromatic heterocycles. The molecular formula is C14H19F2N3O2. The highest BCUT2D eigenvalue weighted by Crippen LogP contribution is 2.30. The lowest BCUT2D eigenvalue weighted by atomic mass is 10.0. The van der Waals surface area contributed by atoms with E-state index < -0.39 is 22.2 Å². The van der Waals surface area contributed by atoms with Gasteiger partial charge in [0.25, 0.3) is 5.69 Å². The van der Waals surface area contributed by atoms with E-state index in [1.165, 1.54) is 0 Å². The molecule has 1 unspecified atom stereocenters. The molecule has 0 saturated carbocycles. The Morgan fingerprint density at radius 3 is 2.57 bits per heavy atom. The van der Waals surface area contributed by atoms with Crippen molar-refractivity contribution in [1.29, 1.82) is 0 Å². The Kier molecular flexibility index (Phi) is 5.06. The van der Waals surface area contributed by atoms with Crippen molar-refractivity contribution in [1.82, 2.24) is 5.32 Å². The Morgan fingerprint density at radius 1 is 1.43 bits per heavy atom. The van der Waals surface area contributed by atoms with Crippen molar-refractivity contribution in [2.45, 2.75) is 32.2 Å². The zero-order chi connectivity index (χ0) is 15.4. The highest BCUT2D eigenvalue weighted by atomic mass is 19.1. The molecule has 0 bridgehead atoms. The standard InChI is InChI=1S/C14H19F2N3O2/c1-2-6-18(10-4-3-5-17-9-10)14-12(15)7-11(19(20)21)8-13(14)16/h7-8,10,17H,2-6,9H2,1H3. The number of rotatable bonds is 5. The van der Waals surface area contributed by atoms with Gasteiger partial charge in [-0.25, -0.2) is 8.78 Å². The van der Waals surface area contributed by atoms with Gasteiger partial charge in [-0.2, -0.15) is 0 Å². The van der Waals surface area contributed by atoms with E-state index in [9.17, 15) is 18.9 Å². The molecule has 2 rings (SSSR count). The van der Waals surface area contributed by atoms with Gasteiger partial charge < -0.3 is 10.2 Å². The summed E-state index contributed by atoms with van der Waals surface area (Å²) in [4.78, 5) is 11.6. The molecule has 1 aliphatic rings. The van der Waals surface area contributed by atoms with Gasteiger partial charge in [0.1, 0.15) is 5.69 Å². The van der Waals surface area contributed by atoms with Crippen LogP contribution in [0.3, 0.4) is 0 Å². The largest absolute Gasteiger partial charge is 0.363 e. The summed E-state index contributed by atoms with van der Waals surface area (Å²) < 4.78 is 28.4. The average Bonchev–Trinajstić information content (AvgIpc) is 2.46. The minimum absolute atomic E-state index is 0.00385. The van der Waals surface area contributed by atoms with Crippen LogP contribution in [-0.4, -0.2) is 30.6 Å². The van der Waals surface area contributed by atoms with Crippen LogP contribution in [0, 0.1) is 21.7 Å². The average molecular weight is 299 g/mol. The summed E-state index contributed by atoms with van der Waals surface area (Å²) in [6, 6.07) is 1.58. The minimum atomic E-state index is -0.874. The second-order valence-electron chi connectivity index (χ2n) is 5.21. The van der Waals surface area contributed by atoms with Crippen molar-refractivity contribution in [3.8, 4) is 0 Å². The van der Waals surface area contributed by atoms with Crippen LogP contribution >= 0.6 is 0 Å². The lowest BCUT2D eigenvalue weighted by molar-refractivity contribution is -0.385. The second-order valence-corrected chi connectivity index (χ2v) is 5.21. The monoisotopic (exact) mass is 299 g/mol. The lowest BCUT2D eigenvalue weighted by Gasteiger charge is -2.36. The molecule has 1 heterocycles. The minimum Gasteiger partial charge on any atom is -0.363 e. The van der Waals surface area contributed by atoms with Crippen molar-refractivity contribution < 1.29 is 13.7 Å². The van der Waals surface area contributed by atoms with Crippen LogP contribution in [0.2, 0.25) is 0 Å². The van der Waals surface area contributed by atoms with E-state index in [2.05, 4.69) is 5.32 Å². The molecule has 0 spiro atoms. The second kappa shape index (κ2) is 6.80. The van der Waals surface area contributed by atoms with E-state index >= 15 is 0 Å². The van der Waals surface area contributed by atoms with Gasteiger partial charge >= 0.3 is 0 Å². The number of nitrogens with zero attached hydrogens (tertiary/aromatic N) is 2. The summed E-state index contributed by atoms with van der Waals surface area (Å²) in [5.74, 6) is -1.75. The van der Waals surface area contributed by atoms with Crippen LogP contribution in [0.5, 0.6) is 0 Å². The fourth-order valence-electron chi connectivity index (χ4n) is 2.75. The van der Waals surface area contributed by atoms with Crippen molar-refractivity contribution in [2.75, 3.05) is 24.5 Å². The summed E-state index contributed by atoms with van der Waals surface area (Å²) >= 11 is 0. The number of hydrogen-bond donors (Lipinski definition) is 1. The number of nitro benzene ring substituents is 1. The van der Waals surface area contributed by atoms with Crippen LogP contribution in [0.25, 0.3) is 0 Å². The summed E-state index contributed by atoms with van der Waals surface area (Å²) in [6.07, 6.45) is 2.54. The van der Waals surface area contributed by atoms with Crippen LogP contribution in [0.15, 0.2) is 12.1 Å². The van der Waals surface area contributed by atoms with Crippen LogP contribution in [0.1, 0.15) is 26.2 Å². The quantitative estimate of drug-likeness (QED) is 0.671. The molecule has 1 N–H and O–H groups in total. The smallest absolute Gasteiger partial charge is 0.275 e. The number of non-ortho nitro benzene ring substituents is 1. The van der Waals surface area contributed by atoms with Crippen LogP contribution in [0.4, 0.5) is 20.2 Å². The number of piperidine rings is 1. The molecular weight excluding hydrogens is 280 g/mol. The number of nitro groups is 1. The van der Waals surface area contributed by atoms with Crippen molar-refractivity contribution >= 4 is 11.4 Å². The molecule has 5 nitrogen and oxygen atoms in total. The Bertz CT molecular complexity index is 496. The molecule has 1 saturated heterocycles. The first-order valence-corrected chi connectivity index (χ1v) is 7.15. The van der Waals surface area contributed by atoms with Gasteiger partial charge in [-0.15, -0.1) is 0 Å². The van der Waals surface area contributed by atoms with E-state index in [1.807, 2.05) is 6.92 Å². The maximum Gasteiger partial charge on any atom is 0.275 e. The lowest BCUT2D eigenvalue weighted by Crippen LogP contribution is -2.47. The van der Waals surface area contributed by atoms with Crippen molar-refractivity contribution in [3.05, 3.63) is 33.9 Å². The van der Waals surface area contributed by atoms with Crippen LogP contribution < -0.4 is 10.2 Å². The number of halogens is 2. The summed E-state index contributed by atoms with van der Waals surface area (Å²) in [5.41, 5.74) is -0.719. The molecule has 0 aliphatic carbocycles. The molecule has 21 heavy (non-hydrogen) atoms. The first kappa shape index (κ1) is 15.6. The number of hydrogen-bond acceptors (Lipinski definition) is 4. The Morgan fingerprint density at radius 2 is 2.10 bits per heavy atom. The molecule has 1 atom stereocenters. The summed E-state index contributed by atoms with van der Waals surface area (Å²) in [6.45, 7) is 4.01. The van der Waals surface area contributed by atoms with Crippen LogP contribution in [-0.2, 0) is 0 Å². The molecule has 7 heteroatoms. The van der Waals surface area contributed by atoms with E-state index in [-0.39, 0.29) is 11.7 Å². The van der Waals surface area contributed by atoms with Gasteiger partial charge in [-0.1, -0.05) is 6.92 Å². The third-order valence-corrected chi connectivity index (χ3v) is 3.68. The molecule has 116 valence electrons. The topological polar surface area (TPSA) is 58.4 Å². The predicted octanol–water partition coefficient (Wildman–Crippen LogP) is 2.84. The third-order valence-electron chi connectivity index (χ3n) is 3.68. The first-order chi connectivity index (χ1) is 10.0. The normalized spacial score (nSPS) is 18.5. The van der Waals surface area contributed by atoms with Gasteiger partial charge in [0.2, 0.25) is 0 Å². The van der Waals surface area contributed by atoms with E-state index in [0.717, 1.165) is 37.9 Å². The zero-order valence-electron chi connectivity index (χ0n) is 11.9. The number of nitrogens with one attached hydrogen (secondary N) is 1. The Balaban J connectivity index is 2.37. The highest BCUT2D eigenvalue weighted by molar-refractivity contribution is 5.54. The number of anilines is 1. The Labute approximate surface area is 122 Å².